The van der Waals surface area contributed by atoms with Gasteiger partial charge >= 0.3 is 0 Å². The zero-order chi connectivity index (χ0) is 22.7. The average molecular weight is 458 g/mol. The average Bonchev–Trinajstić information content (AvgIpc) is 3.25. The first-order valence-electron chi connectivity index (χ1n) is 11.2. The summed E-state index contributed by atoms with van der Waals surface area (Å²) < 4.78 is 33.7. The molecule has 1 amide bonds. The zero-order valence-electron chi connectivity index (χ0n) is 18.7. The standard InChI is InChI=1S/C24H31N3O4S/c1-3-22(17-26-10-12-31-13-11-26)25-24(28)19-9-8-18(2)23(14-19)32(29,30)27-15-20-6-4-5-7-21(20)16-27/h4-9,14,22H,3,10-13,15-17H2,1-2H3,(H,25,28). The molecular formula is C24H31N3O4S. The quantitative estimate of drug-likeness (QED) is 0.691. The van der Waals surface area contributed by atoms with E-state index >= 15 is 0 Å². The minimum atomic E-state index is -3.72. The zero-order valence-corrected chi connectivity index (χ0v) is 19.5. The van der Waals surface area contributed by atoms with E-state index in [9.17, 15) is 13.2 Å². The molecule has 0 bridgehead atoms. The van der Waals surface area contributed by atoms with Crippen LogP contribution in [0.15, 0.2) is 47.4 Å². The van der Waals surface area contributed by atoms with Crippen LogP contribution in [0.1, 0.15) is 40.4 Å². The third kappa shape index (κ3) is 4.88. The Hall–Kier alpha value is -2.26. The Morgan fingerprint density at radius 2 is 1.75 bits per heavy atom. The van der Waals surface area contributed by atoms with Gasteiger partial charge in [-0.2, -0.15) is 4.31 Å². The molecule has 1 N–H and O–H groups in total. The lowest BCUT2D eigenvalue weighted by Gasteiger charge is -2.30. The lowest BCUT2D eigenvalue weighted by molar-refractivity contribution is 0.0331. The maximum Gasteiger partial charge on any atom is 0.251 e. The molecule has 0 saturated carbocycles. The van der Waals surface area contributed by atoms with Crippen LogP contribution in [0.5, 0.6) is 0 Å². The highest BCUT2D eigenvalue weighted by molar-refractivity contribution is 7.89. The fourth-order valence-corrected chi connectivity index (χ4v) is 5.92. The van der Waals surface area contributed by atoms with Gasteiger partial charge in [-0.3, -0.25) is 9.69 Å². The largest absolute Gasteiger partial charge is 0.379 e. The van der Waals surface area contributed by atoms with Crippen LogP contribution in [-0.2, 0) is 27.8 Å². The molecule has 2 aliphatic rings. The van der Waals surface area contributed by atoms with E-state index in [0.717, 1.165) is 37.2 Å². The molecule has 1 atom stereocenters. The van der Waals surface area contributed by atoms with Crippen molar-refractivity contribution in [3.63, 3.8) is 0 Å². The number of benzene rings is 2. The number of morpholine rings is 1. The molecule has 1 unspecified atom stereocenters. The van der Waals surface area contributed by atoms with Crippen LogP contribution in [0.3, 0.4) is 0 Å². The Morgan fingerprint density at radius 1 is 1.09 bits per heavy atom. The minimum absolute atomic E-state index is 0.00459. The number of sulfonamides is 1. The van der Waals surface area contributed by atoms with Gasteiger partial charge in [-0.15, -0.1) is 0 Å². The lowest BCUT2D eigenvalue weighted by atomic mass is 10.1. The monoisotopic (exact) mass is 457 g/mol. The second kappa shape index (κ2) is 9.70. The first kappa shape index (κ1) is 22.9. The van der Waals surface area contributed by atoms with E-state index in [4.69, 9.17) is 4.74 Å². The van der Waals surface area contributed by atoms with Crippen molar-refractivity contribution in [1.82, 2.24) is 14.5 Å². The number of nitrogens with zero attached hydrogens (tertiary/aromatic N) is 2. The maximum atomic E-state index is 13.4. The topological polar surface area (TPSA) is 79.0 Å². The van der Waals surface area contributed by atoms with Crippen molar-refractivity contribution < 1.29 is 17.9 Å². The summed E-state index contributed by atoms with van der Waals surface area (Å²) in [4.78, 5) is 15.5. The van der Waals surface area contributed by atoms with Crippen LogP contribution in [0, 0.1) is 6.92 Å². The highest BCUT2D eigenvalue weighted by Crippen LogP contribution is 2.30. The lowest BCUT2D eigenvalue weighted by Crippen LogP contribution is -2.47. The van der Waals surface area contributed by atoms with E-state index < -0.39 is 10.0 Å². The number of carbonyl (C=O) groups is 1. The van der Waals surface area contributed by atoms with Crippen LogP contribution in [-0.4, -0.2) is 62.4 Å². The third-order valence-electron chi connectivity index (χ3n) is 6.29. The summed E-state index contributed by atoms with van der Waals surface area (Å²) in [6.07, 6.45) is 0.798. The van der Waals surface area contributed by atoms with E-state index in [1.54, 1.807) is 19.1 Å². The van der Waals surface area contributed by atoms with Crippen LogP contribution in [0.4, 0.5) is 0 Å². The summed E-state index contributed by atoms with van der Waals surface area (Å²) in [6, 6.07) is 12.7. The molecule has 2 aromatic carbocycles. The number of hydrogen-bond acceptors (Lipinski definition) is 5. The van der Waals surface area contributed by atoms with Gasteiger partial charge in [-0.05, 0) is 42.2 Å². The van der Waals surface area contributed by atoms with Gasteiger partial charge in [0.2, 0.25) is 10.0 Å². The van der Waals surface area contributed by atoms with Gasteiger partial charge in [-0.25, -0.2) is 8.42 Å². The summed E-state index contributed by atoms with van der Waals surface area (Å²) >= 11 is 0. The molecule has 32 heavy (non-hydrogen) atoms. The highest BCUT2D eigenvalue weighted by atomic mass is 32.2. The molecule has 2 heterocycles. The molecule has 2 aliphatic heterocycles. The molecule has 1 saturated heterocycles. The maximum absolute atomic E-state index is 13.4. The van der Waals surface area contributed by atoms with E-state index in [1.807, 2.05) is 31.2 Å². The van der Waals surface area contributed by atoms with Gasteiger partial charge in [0, 0.05) is 44.3 Å². The van der Waals surface area contributed by atoms with Gasteiger partial charge in [0.1, 0.15) is 0 Å². The van der Waals surface area contributed by atoms with E-state index in [1.165, 1.54) is 10.4 Å². The van der Waals surface area contributed by atoms with Crippen LogP contribution in [0.2, 0.25) is 0 Å². The van der Waals surface area contributed by atoms with Crippen molar-refractivity contribution in [3.05, 3.63) is 64.7 Å². The van der Waals surface area contributed by atoms with Gasteiger partial charge in [0.15, 0.2) is 0 Å². The second-order valence-corrected chi connectivity index (χ2v) is 10.4. The molecule has 0 radical (unpaired) electrons. The normalized spacial score (nSPS) is 18.3. The second-order valence-electron chi connectivity index (χ2n) is 8.51. The fourth-order valence-electron chi connectivity index (χ4n) is 4.27. The molecule has 0 aromatic heterocycles. The summed E-state index contributed by atoms with van der Waals surface area (Å²) in [5.41, 5.74) is 3.05. The Morgan fingerprint density at radius 3 is 2.38 bits per heavy atom. The minimum Gasteiger partial charge on any atom is -0.379 e. The predicted molar refractivity (Wildman–Crippen MR) is 123 cm³/mol. The Labute approximate surface area is 190 Å². The third-order valence-corrected chi connectivity index (χ3v) is 8.22. The Bertz CT molecular complexity index is 1060. The first-order chi connectivity index (χ1) is 15.4. The van der Waals surface area contributed by atoms with E-state index in [-0.39, 0.29) is 16.8 Å². The number of amides is 1. The highest BCUT2D eigenvalue weighted by Gasteiger charge is 2.32. The number of ether oxygens (including phenoxy) is 1. The molecule has 2 aromatic rings. The van der Waals surface area contributed by atoms with Crippen LogP contribution in [0.25, 0.3) is 0 Å². The molecule has 0 spiro atoms. The fraction of sp³-hybridized carbons (Fsp3) is 0.458. The van der Waals surface area contributed by atoms with Crippen molar-refractivity contribution in [2.45, 2.75) is 44.3 Å². The Balaban J connectivity index is 1.50. The number of hydrogen-bond donors (Lipinski definition) is 1. The molecule has 7 nitrogen and oxygen atoms in total. The van der Waals surface area contributed by atoms with Gasteiger partial charge in [-0.1, -0.05) is 37.3 Å². The van der Waals surface area contributed by atoms with Gasteiger partial charge in [0.25, 0.3) is 5.91 Å². The number of aryl methyl sites for hydroxylation is 1. The SMILES string of the molecule is CCC(CN1CCOCC1)NC(=O)c1ccc(C)c(S(=O)(=O)N2Cc3ccccc3C2)c1. The van der Waals surface area contributed by atoms with Crippen molar-refractivity contribution in [3.8, 4) is 0 Å². The molecular weight excluding hydrogens is 426 g/mol. The first-order valence-corrected chi connectivity index (χ1v) is 12.6. The molecule has 1 fully saturated rings. The van der Waals surface area contributed by atoms with Crippen molar-refractivity contribution in [2.75, 3.05) is 32.8 Å². The number of nitrogens with one attached hydrogen (secondary N) is 1. The number of rotatable bonds is 7. The summed E-state index contributed by atoms with van der Waals surface area (Å²) in [6.45, 7) is 8.42. The summed E-state index contributed by atoms with van der Waals surface area (Å²) in [5, 5.41) is 3.08. The summed E-state index contributed by atoms with van der Waals surface area (Å²) in [7, 11) is -3.72. The van der Waals surface area contributed by atoms with Gasteiger partial charge in [0.05, 0.1) is 18.1 Å². The van der Waals surface area contributed by atoms with Crippen LogP contribution < -0.4 is 5.32 Å². The van der Waals surface area contributed by atoms with Gasteiger partial charge < -0.3 is 10.1 Å². The molecule has 172 valence electrons. The van der Waals surface area contributed by atoms with E-state index in [0.29, 0.717) is 37.4 Å². The predicted octanol–water partition coefficient (Wildman–Crippen LogP) is 2.54. The van der Waals surface area contributed by atoms with Crippen LogP contribution >= 0.6 is 0 Å². The van der Waals surface area contributed by atoms with Crippen molar-refractivity contribution in [2.24, 2.45) is 0 Å². The Kier molecular flexibility index (Phi) is 6.95. The number of carbonyl (C=O) groups excluding carboxylic acids is 1. The molecule has 4 rings (SSSR count). The van der Waals surface area contributed by atoms with E-state index in [2.05, 4.69) is 10.2 Å². The molecule has 0 aliphatic carbocycles. The number of fused-ring (bicyclic) bond motifs is 1. The summed E-state index contributed by atoms with van der Waals surface area (Å²) in [5.74, 6) is -0.244. The van der Waals surface area contributed by atoms with Crippen molar-refractivity contribution >= 4 is 15.9 Å². The smallest absolute Gasteiger partial charge is 0.251 e. The molecule has 8 heteroatoms. The van der Waals surface area contributed by atoms with Crippen molar-refractivity contribution in [1.29, 1.82) is 0 Å².